The minimum absolute atomic E-state index is 0.185. The van der Waals surface area contributed by atoms with Gasteiger partial charge in [-0.3, -0.25) is 9.99 Å². The lowest BCUT2D eigenvalue weighted by Gasteiger charge is -2.34. The van der Waals surface area contributed by atoms with Gasteiger partial charge in [0.15, 0.2) is 0 Å². The fraction of sp³-hybridized carbons (Fsp3) is 0.438. The first-order valence-electron chi connectivity index (χ1n) is 13.8. The van der Waals surface area contributed by atoms with Crippen LogP contribution in [0.25, 0.3) is 10.9 Å². The zero-order valence-corrected chi connectivity index (χ0v) is 22.3. The monoisotopic (exact) mass is 482 g/mol. The van der Waals surface area contributed by atoms with Crippen LogP contribution in [-0.4, -0.2) is 29.3 Å². The second kappa shape index (κ2) is 12.7. The molecular formula is C32H42N4. The van der Waals surface area contributed by atoms with E-state index in [0.717, 1.165) is 47.9 Å². The number of hydrogen-bond acceptors (Lipinski definition) is 4. The van der Waals surface area contributed by atoms with E-state index in [2.05, 4.69) is 84.3 Å². The molecule has 4 nitrogen and oxygen atoms in total. The maximum absolute atomic E-state index is 5.13. The summed E-state index contributed by atoms with van der Waals surface area (Å²) in [5.74, 6) is 1.04. The van der Waals surface area contributed by atoms with Gasteiger partial charge in [0.05, 0.1) is 11.2 Å². The standard InChI is InChI=1S/C32H42N4/c1-5-24(2)13-9-7-6-8-10-22-36-25(3)30(28-14-11-16-31-29(28)15-12-21-34-31)23-32(35-36)26-17-19-27(33-4)20-18-26/h11-12,14-21,24,30,33H,3,5-10,13,22-23H2,1-2,4H3. The van der Waals surface area contributed by atoms with Gasteiger partial charge >= 0.3 is 0 Å². The van der Waals surface area contributed by atoms with Crippen molar-refractivity contribution in [3.8, 4) is 0 Å². The number of hydrazone groups is 1. The molecule has 2 heterocycles. The zero-order chi connectivity index (χ0) is 25.3. The van der Waals surface area contributed by atoms with Gasteiger partial charge in [0.2, 0.25) is 0 Å². The Balaban J connectivity index is 1.51. The average molecular weight is 483 g/mol. The molecule has 2 unspecified atom stereocenters. The Hall–Kier alpha value is -3.14. The smallest absolute Gasteiger partial charge is 0.0704 e. The van der Waals surface area contributed by atoms with Crippen LogP contribution in [0, 0.1) is 5.92 Å². The number of anilines is 1. The number of benzene rings is 2. The van der Waals surface area contributed by atoms with Crippen molar-refractivity contribution in [2.75, 3.05) is 18.9 Å². The SMILES string of the molecule is C=C1C(c2cccc3ncccc23)CC(c2ccc(NC)cc2)=NN1CCCCCCCC(C)CC. The number of aromatic nitrogens is 1. The number of nitrogens with one attached hydrogen (secondary N) is 1. The molecule has 1 aromatic heterocycles. The van der Waals surface area contributed by atoms with Crippen molar-refractivity contribution in [2.45, 2.75) is 71.1 Å². The Kier molecular flexibility index (Phi) is 9.16. The highest BCUT2D eigenvalue weighted by atomic mass is 15.5. The molecular weight excluding hydrogens is 440 g/mol. The lowest BCUT2D eigenvalue weighted by Crippen LogP contribution is -2.30. The van der Waals surface area contributed by atoms with Crippen LogP contribution in [0.15, 0.2) is 78.2 Å². The van der Waals surface area contributed by atoms with Crippen LogP contribution in [-0.2, 0) is 0 Å². The van der Waals surface area contributed by atoms with Gasteiger partial charge in [-0.1, -0.05) is 89.3 Å². The van der Waals surface area contributed by atoms with Crippen molar-refractivity contribution < 1.29 is 0 Å². The van der Waals surface area contributed by atoms with Crippen molar-refractivity contribution in [1.29, 1.82) is 0 Å². The molecule has 1 aliphatic rings. The molecule has 0 amide bonds. The van der Waals surface area contributed by atoms with E-state index in [1.54, 1.807) is 0 Å². The van der Waals surface area contributed by atoms with Crippen molar-refractivity contribution in [3.05, 3.63) is 84.2 Å². The largest absolute Gasteiger partial charge is 0.388 e. The molecule has 4 heteroatoms. The topological polar surface area (TPSA) is 40.5 Å². The summed E-state index contributed by atoms with van der Waals surface area (Å²) < 4.78 is 0. The Morgan fingerprint density at radius 2 is 1.78 bits per heavy atom. The number of nitrogens with zero attached hydrogens (tertiary/aromatic N) is 3. The first-order chi connectivity index (χ1) is 17.6. The van der Waals surface area contributed by atoms with E-state index in [-0.39, 0.29) is 5.92 Å². The fourth-order valence-electron chi connectivity index (χ4n) is 5.15. The summed E-state index contributed by atoms with van der Waals surface area (Å²) in [6.07, 6.45) is 11.7. The van der Waals surface area contributed by atoms with Crippen molar-refractivity contribution >= 4 is 22.3 Å². The molecule has 1 aliphatic heterocycles. The van der Waals surface area contributed by atoms with Crippen molar-refractivity contribution in [1.82, 2.24) is 9.99 Å². The summed E-state index contributed by atoms with van der Waals surface area (Å²) >= 11 is 0. The van der Waals surface area contributed by atoms with Crippen LogP contribution in [0.4, 0.5) is 5.69 Å². The molecule has 1 N–H and O–H groups in total. The summed E-state index contributed by atoms with van der Waals surface area (Å²) in [7, 11) is 1.95. The second-order valence-electron chi connectivity index (χ2n) is 10.2. The van der Waals surface area contributed by atoms with E-state index in [9.17, 15) is 0 Å². The van der Waals surface area contributed by atoms with E-state index in [1.165, 1.54) is 55.0 Å². The number of hydrogen-bond donors (Lipinski definition) is 1. The molecule has 4 rings (SSSR count). The Bertz CT molecular complexity index is 1160. The molecule has 36 heavy (non-hydrogen) atoms. The number of rotatable bonds is 12. The van der Waals surface area contributed by atoms with E-state index in [4.69, 9.17) is 5.10 Å². The molecule has 0 bridgehead atoms. The summed E-state index contributed by atoms with van der Waals surface area (Å²) in [4.78, 5) is 4.60. The number of allylic oxidation sites excluding steroid dienone is 1. The maximum atomic E-state index is 5.13. The number of fused-ring (bicyclic) bond motifs is 1. The predicted molar refractivity (Wildman–Crippen MR) is 155 cm³/mol. The zero-order valence-electron chi connectivity index (χ0n) is 22.3. The Morgan fingerprint density at radius 1 is 1.00 bits per heavy atom. The highest BCUT2D eigenvalue weighted by Gasteiger charge is 2.29. The molecule has 0 spiro atoms. The van der Waals surface area contributed by atoms with Crippen LogP contribution in [0.2, 0.25) is 0 Å². The van der Waals surface area contributed by atoms with Gasteiger partial charge in [0, 0.05) is 48.9 Å². The Morgan fingerprint density at radius 3 is 2.56 bits per heavy atom. The van der Waals surface area contributed by atoms with Gasteiger partial charge < -0.3 is 5.32 Å². The van der Waals surface area contributed by atoms with E-state index in [0.29, 0.717) is 0 Å². The van der Waals surface area contributed by atoms with Crippen molar-refractivity contribution in [3.63, 3.8) is 0 Å². The lowest BCUT2D eigenvalue weighted by molar-refractivity contribution is 0.317. The minimum atomic E-state index is 0.185. The summed E-state index contributed by atoms with van der Waals surface area (Å²) in [6, 6.07) is 19.3. The lowest BCUT2D eigenvalue weighted by atomic mass is 9.85. The van der Waals surface area contributed by atoms with Gasteiger partial charge in [-0.15, -0.1) is 0 Å². The van der Waals surface area contributed by atoms with E-state index >= 15 is 0 Å². The third-order valence-corrected chi connectivity index (χ3v) is 7.70. The first-order valence-corrected chi connectivity index (χ1v) is 13.8. The van der Waals surface area contributed by atoms with Crippen molar-refractivity contribution in [2.24, 2.45) is 11.0 Å². The second-order valence-corrected chi connectivity index (χ2v) is 10.2. The maximum Gasteiger partial charge on any atom is 0.0704 e. The van der Waals surface area contributed by atoms with E-state index in [1.807, 2.05) is 19.3 Å². The van der Waals surface area contributed by atoms with Gasteiger partial charge in [-0.2, -0.15) is 5.10 Å². The molecule has 0 aliphatic carbocycles. The molecule has 190 valence electrons. The molecule has 0 radical (unpaired) electrons. The molecule has 2 aromatic carbocycles. The van der Waals surface area contributed by atoms with Gasteiger partial charge in [0.1, 0.15) is 0 Å². The minimum Gasteiger partial charge on any atom is -0.388 e. The quantitative estimate of drug-likeness (QED) is 0.264. The molecule has 0 saturated heterocycles. The number of unbranched alkanes of at least 4 members (excludes halogenated alkanes) is 4. The van der Waals surface area contributed by atoms with Crippen LogP contribution < -0.4 is 5.32 Å². The average Bonchev–Trinajstić information content (AvgIpc) is 2.93. The van der Waals surface area contributed by atoms with Crippen LogP contribution in [0.5, 0.6) is 0 Å². The summed E-state index contributed by atoms with van der Waals surface area (Å²) in [6.45, 7) is 10.1. The fourth-order valence-corrected chi connectivity index (χ4v) is 5.15. The molecule has 2 atom stereocenters. The van der Waals surface area contributed by atoms with Crippen LogP contribution >= 0.6 is 0 Å². The molecule has 0 fully saturated rings. The summed E-state index contributed by atoms with van der Waals surface area (Å²) in [5.41, 5.74) is 6.85. The third-order valence-electron chi connectivity index (χ3n) is 7.70. The van der Waals surface area contributed by atoms with Gasteiger partial charge in [0.25, 0.3) is 0 Å². The van der Waals surface area contributed by atoms with Crippen LogP contribution in [0.1, 0.15) is 82.3 Å². The third kappa shape index (κ3) is 6.34. The predicted octanol–water partition coefficient (Wildman–Crippen LogP) is 8.37. The molecule has 0 saturated carbocycles. The number of pyridine rings is 1. The summed E-state index contributed by atoms with van der Waals surface area (Å²) in [5, 5.41) is 11.7. The normalized spacial score (nSPS) is 16.8. The first kappa shape index (κ1) is 25.9. The Labute approximate surface area is 217 Å². The highest BCUT2D eigenvalue weighted by Crippen LogP contribution is 2.38. The van der Waals surface area contributed by atoms with E-state index < -0.39 is 0 Å². The van der Waals surface area contributed by atoms with Crippen LogP contribution in [0.3, 0.4) is 0 Å². The van der Waals surface area contributed by atoms with Gasteiger partial charge in [-0.05, 0) is 47.7 Å². The highest BCUT2D eigenvalue weighted by molar-refractivity contribution is 6.02. The van der Waals surface area contributed by atoms with Gasteiger partial charge in [-0.25, -0.2) is 0 Å². The molecule has 3 aromatic rings.